The first kappa shape index (κ1) is 15.7. The Morgan fingerprint density at radius 2 is 2.00 bits per heavy atom. The first-order chi connectivity index (χ1) is 12.1. The monoisotopic (exact) mass is 353 g/mol. The standard InChI is InChI=1S/C19H16ClN3O2/c1-3-22-11-16-15-8-7-12(20)9-17(15)23(19(24)18(16)21-22)13-5-4-6-14(10-13)25-2/h4-11H,3H2,1-2H3. The summed E-state index contributed by atoms with van der Waals surface area (Å²) in [6.07, 6.45) is 1.91. The summed E-state index contributed by atoms with van der Waals surface area (Å²) in [5.41, 5.74) is 1.73. The van der Waals surface area contributed by atoms with E-state index in [4.69, 9.17) is 16.3 Å². The van der Waals surface area contributed by atoms with E-state index in [2.05, 4.69) is 5.10 Å². The number of methoxy groups -OCH3 is 1. The molecule has 0 spiro atoms. The second-order valence-corrected chi connectivity index (χ2v) is 6.19. The molecule has 0 fully saturated rings. The predicted molar refractivity (Wildman–Crippen MR) is 100 cm³/mol. The highest BCUT2D eigenvalue weighted by Gasteiger charge is 2.16. The van der Waals surface area contributed by atoms with Crippen LogP contribution >= 0.6 is 11.6 Å². The Hall–Kier alpha value is -2.79. The van der Waals surface area contributed by atoms with Crippen molar-refractivity contribution in [2.75, 3.05) is 7.11 Å². The molecule has 126 valence electrons. The normalized spacial score (nSPS) is 11.3. The number of halogens is 1. The van der Waals surface area contributed by atoms with E-state index in [0.717, 1.165) is 16.3 Å². The van der Waals surface area contributed by atoms with E-state index < -0.39 is 0 Å². The van der Waals surface area contributed by atoms with Crippen molar-refractivity contribution in [2.45, 2.75) is 13.5 Å². The highest BCUT2D eigenvalue weighted by Crippen LogP contribution is 2.28. The minimum absolute atomic E-state index is 0.176. The smallest absolute Gasteiger partial charge is 0.283 e. The molecule has 2 heterocycles. The molecule has 0 N–H and O–H groups in total. The van der Waals surface area contributed by atoms with Gasteiger partial charge in [-0.3, -0.25) is 14.0 Å². The Bertz CT molecular complexity index is 1160. The third-order valence-electron chi connectivity index (χ3n) is 4.29. The van der Waals surface area contributed by atoms with Crippen LogP contribution in [0.1, 0.15) is 6.92 Å². The van der Waals surface area contributed by atoms with Crippen molar-refractivity contribution in [3.8, 4) is 11.4 Å². The van der Waals surface area contributed by atoms with Crippen molar-refractivity contribution < 1.29 is 4.74 Å². The van der Waals surface area contributed by atoms with Crippen molar-refractivity contribution in [1.82, 2.24) is 14.3 Å². The molecule has 6 heteroatoms. The highest BCUT2D eigenvalue weighted by atomic mass is 35.5. The third kappa shape index (κ3) is 2.48. The molecule has 0 aliphatic carbocycles. The Morgan fingerprint density at radius 1 is 1.16 bits per heavy atom. The van der Waals surface area contributed by atoms with Gasteiger partial charge in [-0.25, -0.2) is 0 Å². The van der Waals surface area contributed by atoms with Gasteiger partial charge in [-0.15, -0.1) is 0 Å². The Labute approximate surface area is 149 Å². The molecule has 0 atom stereocenters. The summed E-state index contributed by atoms with van der Waals surface area (Å²) in [7, 11) is 1.60. The summed E-state index contributed by atoms with van der Waals surface area (Å²) in [5.74, 6) is 0.679. The van der Waals surface area contributed by atoms with E-state index >= 15 is 0 Å². The fraction of sp³-hybridized carbons (Fsp3) is 0.158. The van der Waals surface area contributed by atoms with Crippen LogP contribution in [0.25, 0.3) is 27.5 Å². The number of hydrogen-bond donors (Lipinski definition) is 0. The predicted octanol–water partition coefficient (Wildman–Crippen LogP) is 4.02. The number of pyridine rings is 1. The van der Waals surface area contributed by atoms with Gasteiger partial charge in [-0.2, -0.15) is 5.10 Å². The lowest BCUT2D eigenvalue weighted by molar-refractivity contribution is 0.414. The van der Waals surface area contributed by atoms with E-state index in [0.29, 0.717) is 28.5 Å². The van der Waals surface area contributed by atoms with Crippen LogP contribution in [0.4, 0.5) is 0 Å². The van der Waals surface area contributed by atoms with Crippen molar-refractivity contribution in [2.24, 2.45) is 0 Å². The molecular weight excluding hydrogens is 338 g/mol. The van der Waals surface area contributed by atoms with Gasteiger partial charge >= 0.3 is 0 Å². The molecule has 0 bridgehead atoms. The molecule has 5 nitrogen and oxygen atoms in total. The second-order valence-electron chi connectivity index (χ2n) is 5.75. The zero-order valence-electron chi connectivity index (χ0n) is 13.9. The van der Waals surface area contributed by atoms with Gasteiger partial charge in [0.15, 0.2) is 5.52 Å². The summed E-state index contributed by atoms with van der Waals surface area (Å²) >= 11 is 6.21. The van der Waals surface area contributed by atoms with Crippen molar-refractivity contribution in [3.05, 3.63) is 64.0 Å². The second kappa shape index (κ2) is 5.93. The molecule has 2 aromatic carbocycles. The quantitative estimate of drug-likeness (QED) is 0.559. The number of benzene rings is 2. The van der Waals surface area contributed by atoms with E-state index in [1.54, 1.807) is 22.4 Å². The summed E-state index contributed by atoms with van der Waals surface area (Å²) in [5, 5.41) is 6.79. The fourth-order valence-electron chi connectivity index (χ4n) is 3.08. The zero-order valence-corrected chi connectivity index (χ0v) is 14.6. The molecule has 0 amide bonds. The van der Waals surface area contributed by atoms with Crippen LogP contribution in [0.2, 0.25) is 5.02 Å². The molecule has 0 aliphatic heterocycles. The molecular formula is C19H16ClN3O2. The Kier molecular flexibility index (Phi) is 3.73. The zero-order chi connectivity index (χ0) is 17.6. The van der Waals surface area contributed by atoms with Crippen LogP contribution in [0, 0.1) is 0 Å². The number of hydrogen-bond acceptors (Lipinski definition) is 3. The van der Waals surface area contributed by atoms with Gasteiger partial charge in [-0.05, 0) is 31.2 Å². The number of nitrogens with zero attached hydrogens (tertiary/aromatic N) is 3. The van der Waals surface area contributed by atoms with Gasteiger partial charge in [-0.1, -0.05) is 23.7 Å². The average molecular weight is 354 g/mol. The SMILES string of the molecule is CCn1cc2c(n1)c(=O)n(-c1cccc(OC)c1)c1cc(Cl)ccc21. The van der Waals surface area contributed by atoms with E-state index in [1.807, 2.05) is 49.5 Å². The summed E-state index contributed by atoms with van der Waals surface area (Å²) in [6.45, 7) is 2.69. The van der Waals surface area contributed by atoms with Crippen LogP contribution in [0.5, 0.6) is 5.75 Å². The van der Waals surface area contributed by atoms with E-state index in [-0.39, 0.29) is 5.56 Å². The fourth-order valence-corrected chi connectivity index (χ4v) is 3.24. The van der Waals surface area contributed by atoms with E-state index in [9.17, 15) is 4.79 Å². The summed E-state index contributed by atoms with van der Waals surface area (Å²) in [6, 6.07) is 12.9. The first-order valence-corrected chi connectivity index (χ1v) is 8.36. The maximum absolute atomic E-state index is 13.2. The van der Waals surface area contributed by atoms with Gasteiger partial charge < -0.3 is 4.74 Å². The van der Waals surface area contributed by atoms with Crippen molar-refractivity contribution in [3.63, 3.8) is 0 Å². The Balaban J connectivity index is 2.19. The number of rotatable bonds is 3. The highest BCUT2D eigenvalue weighted by molar-refractivity contribution is 6.31. The van der Waals surface area contributed by atoms with Gasteiger partial charge in [0.1, 0.15) is 5.75 Å². The van der Waals surface area contributed by atoms with Gasteiger partial charge in [0.2, 0.25) is 0 Å². The topological polar surface area (TPSA) is 49.0 Å². The van der Waals surface area contributed by atoms with Crippen LogP contribution in [-0.4, -0.2) is 21.5 Å². The number of ether oxygens (including phenoxy) is 1. The van der Waals surface area contributed by atoms with E-state index in [1.165, 1.54) is 0 Å². The molecule has 0 aliphatic rings. The largest absolute Gasteiger partial charge is 0.497 e. The molecule has 2 aromatic heterocycles. The molecule has 0 radical (unpaired) electrons. The van der Waals surface area contributed by atoms with Crippen LogP contribution in [0.15, 0.2) is 53.5 Å². The lowest BCUT2D eigenvalue weighted by atomic mass is 10.1. The van der Waals surface area contributed by atoms with Gasteiger partial charge in [0.05, 0.1) is 18.3 Å². The lowest BCUT2D eigenvalue weighted by Gasteiger charge is -2.12. The lowest BCUT2D eigenvalue weighted by Crippen LogP contribution is -2.19. The molecule has 0 saturated heterocycles. The van der Waals surface area contributed by atoms with Gasteiger partial charge in [0.25, 0.3) is 5.56 Å². The van der Waals surface area contributed by atoms with Crippen LogP contribution in [0.3, 0.4) is 0 Å². The van der Waals surface area contributed by atoms with Crippen LogP contribution in [-0.2, 0) is 6.54 Å². The minimum atomic E-state index is -0.176. The number of aromatic nitrogens is 3. The maximum Gasteiger partial charge on any atom is 0.283 e. The average Bonchev–Trinajstić information content (AvgIpc) is 3.07. The van der Waals surface area contributed by atoms with Gasteiger partial charge in [0, 0.05) is 34.6 Å². The number of fused-ring (bicyclic) bond motifs is 3. The van der Waals surface area contributed by atoms with Crippen LogP contribution < -0.4 is 10.3 Å². The summed E-state index contributed by atoms with van der Waals surface area (Å²) < 4.78 is 8.71. The molecule has 0 unspecified atom stereocenters. The molecule has 4 aromatic rings. The minimum Gasteiger partial charge on any atom is -0.497 e. The Morgan fingerprint density at radius 3 is 2.76 bits per heavy atom. The first-order valence-electron chi connectivity index (χ1n) is 7.98. The number of aryl methyl sites for hydroxylation is 1. The maximum atomic E-state index is 13.2. The van der Waals surface area contributed by atoms with Crippen molar-refractivity contribution >= 4 is 33.4 Å². The molecule has 0 saturated carbocycles. The molecule has 25 heavy (non-hydrogen) atoms. The molecule has 4 rings (SSSR count). The third-order valence-corrected chi connectivity index (χ3v) is 4.53. The van der Waals surface area contributed by atoms with Crippen molar-refractivity contribution in [1.29, 1.82) is 0 Å². The summed E-state index contributed by atoms with van der Waals surface area (Å²) in [4.78, 5) is 13.2.